The molecular weight excluding hydrogens is 398 g/mol. The predicted molar refractivity (Wildman–Crippen MR) is 128 cm³/mol. The minimum atomic E-state index is -0.317. The molecule has 0 bridgehead atoms. The first-order valence-corrected chi connectivity index (χ1v) is 10.9. The van der Waals surface area contributed by atoms with E-state index in [2.05, 4.69) is 22.7 Å². The van der Waals surface area contributed by atoms with Gasteiger partial charge in [0, 0.05) is 34.3 Å². The third kappa shape index (κ3) is 3.94. The van der Waals surface area contributed by atoms with Crippen LogP contribution in [0.1, 0.15) is 59.5 Å². The molecular formula is C27H27N3O2. The lowest BCUT2D eigenvalue weighted by Crippen LogP contribution is -2.42. The Hall–Kier alpha value is -3.73. The predicted octanol–water partition coefficient (Wildman–Crippen LogP) is 5.11. The zero-order valence-corrected chi connectivity index (χ0v) is 18.8. The van der Waals surface area contributed by atoms with Gasteiger partial charge in [-0.3, -0.25) is 9.59 Å². The van der Waals surface area contributed by atoms with Crippen LogP contribution in [0.4, 0.5) is 0 Å². The average molecular weight is 426 g/mol. The summed E-state index contributed by atoms with van der Waals surface area (Å²) >= 11 is 0. The van der Waals surface area contributed by atoms with Gasteiger partial charge in [0.05, 0.1) is 5.71 Å². The number of nitrogens with one attached hydrogen (secondary N) is 1. The SMILES string of the molecule is CC(C)N(C(=O)c1ccc(C(=O)NN=C2c3ccccc3-c3ccccc32)cc1)C(C)C. The van der Waals surface area contributed by atoms with Gasteiger partial charge in [0.2, 0.25) is 0 Å². The van der Waals surface area contributed by atoms with Crippen LogP contribution in [0.25, 0.3) is 11.1 Å². The van der Waals surface area contributed by atoms with E-state index in [4.69, 9.17) is 0 Å². The number of carbonyl (C=O) groups excluding carboxylic acids is 2. The van der Waals surface area contributed by atoms with Gasteiger partial charge in [-0.25, -0.2) is 5.43 Å². The first-order chi connectivity index (χ1) is 15.4. The molecule has 32 heavy (non-hydrogen) atoms. The standard InChI is InChI=1S/C27H27N3O2/c1-17(2)30(18(3)4)27(32)20-15-13-19(14-16-20)26(31)29-28-25-23-11-7-5-9-21(23)22-10-6-8-12-24(22)25/h5-18H,1-4H3,(H,29,31). The number of carbonyl (C=O) groups is 2. The second-order valence-electron chi connectivity index (χ2n) is 8.47. The van der Waals surface area contributed by atoms with Crippen molar-refractivity contribution in [1.82, 2.24) is 10.3 Å². The highest BCUT2D eigenvalue weighted by atomic mass is 16.2. The van der Waals surface area contributed by atoms with Crippen molar-refractivity contribution in [3.05, 3.63) is 95.1 Å². The van der Waals surface area contributed by atoms with E-state index in [0.29, 0.717) is 11.1 Å². The minimum absolute atomic E-state index is 0.0404. The average Bonchev–Trinajstić information content (AvgIpc) is 3.11. The summed E-state index contributed by atoms with van der Waals surface area (Å²) in [5.41, 5.74) is 8.66. The van der Waals surface area contributed by atoms with Crippen LogP contribution in [0, 0.1) is 0 Å². The Bertz CT molecular complexity index is 1140. The van der Waals surface area contributed by atoms with Crippen molar-refractivity contribution < 1.29 is 9.59 Å². The maximum atomic E-state index is 12.8. The molecule has 0 aromatic heterocycles. The lowest BCUT2D eigenvalue weighted by Gasteiger charge is -2.30. The lowest BCUT2D eigenvalue weighted by atomic mass is 10.1. The van der Waals surface area contributed by atoms with Gasteiger partial charge in [0.1, 0.15) is 0 Å². The minimum Gasteiger partial charge on any atom is -0.334 e. The van der Waals surface area contributed by atoms with E-state index in [0.717, 1.165) is 28.0 Å². The molecule has 0 spiro atoms. The van der Waals surface area contributed by atoms with E-state index >= 15 is 0 Å². The molecule has 3 aromatic rings. The van der Waals surface area contributed by atoms with E-state index in [-0.39, 0.29) is 23.9 Å². The Labute approximate surface area is 188 Å². The van der Waals surface area contributed by atoms with Crippen LogP contribution in [0.5, 0.6) is 0 Å². The van der Waals surface area contributed by atoms with Crippen molar-refractivity contribution in [1.29, 1.82) is 0 Å². The number of hydrogen-bond acceptors (Lipinski definition) is 3. The molecule has 4 rings (SSSR count). The fourth-order valence-corrected chi connectivity index (χ4v) is 4.26. The fourth-order valence-electron chi connectivity index (χ4n) is 4.26. The number of benzene rings is 3. The van der Waals surface area contributed by atoms with Crippen molar-refractivity contribution >= 4 is 17.5 Å². The Balaban J connectivity index is 1.54. The Morgan fingerprint density at radius 3 is 1.59 bits per heavy atom. The third-order valence-corrected chi connectivity index (χ3v) is 5.67. The van der Waals surface area contributed by atoms with E-state index in [1.807, 2.05) is 69.0 Å². The molecule has 3 aromatic carbocycles. The number of fused-ring (bicyclic) bond motifs is 3. The van der Waals surface area contributed by atoms with Gasteiger partial charge in [0.25, 0.3) is 11.8 Å². The molecule has 0 heterocycles. The van der Waals surface area contributed by atoms with Crippen molar-refractivity contribution in [2.45, 2.75) is 39.8 Å². The van der Waals surface area contributed by atoms with Crippen LogP contribution in [-0.2, 0) is 0 Å². The summed E-state index contributed by atoms with van der Waals surface area (Å²) in [5.74, 6) is -0.357. The van der Waals surface area contributed by atoms with Crippen molar-refractivity contribution in [3.8, 4) is 11.1 Å². The summed E-state index contributed by atoms with van der Waals surface area (Å²) in [5, 5.41) is 4.46. The van der Waals surface area contributed by atoms with Crippen molar-refractivity contribution in [2.24, 2.45) is 5.10 Å². The molecule has 0 saturated carbocycles. The first-order valence-electron chi connectivity index (χ1n) is 10.9. The number of amides is 2. The fraction of sp³-hybridized carbons (Fsp3) is 0.222. The summed E-state index contributed by atoms with van der Waals surface area (Å²) in [6, 6.07) is 23.0. The Morgan fingerprint density at radius 1 is 0.688 bits per heavy atom. The van der Waals surface area contributed by atoms with Crippen molar-refractivity contribution in [3.63, 3.8) is 0 Å². The van der Waals surface area contributed by atoms with Gasteiger partial charge in [-0.1, -0.05) is 48.5 Å². The molecule has 1 aliphatic rings. The maximum Gasteiger partial charge on any atom is 0.271 e. The van der Waals surface area contributed by atoms with E-state index < -0.39 is 0 Å². The molecule has 5 heteroatoms. The summed E-state index contributed by atoms with van der Waals surface area (Å²) in [7, 11) is 0. The summed E-state index contributed by atoms with van der Waals surface area (Å²) in [6.07, 6.45) is 0. The summed E-state index contributed by atoms with van der Waals surface area (Å²) < 4.78 is 0. The van der Waals surface area contributed by atoms with Crippen LogP contribution < -0.4 is 5.43 Å². The molecule has 2 amide bonds. The Morgan fingerprint density at radius 2 is 1.12 bits per heavy atom. The van der Waals surface area contributed by atoms with Crippen molar-refractivity contribution in [2.75, 3.05) is 0 Å². The van der Waals surface area contributed by atoms with Gasteiger partial charge >= 0.3 is 0 Å². The topological polar surface area (TPSA) is 61.8 Å². The number of hydrazone groups is 1. The van der Waals surface area contributed by atoms with Crippen LogP contribution in [0.2, 0.25) is 0 Å². The smallest absolute Gasteiger partial charge is 0.271 e. The monoisotopic (exact) mass is 425 g/mol. The maximum absolute atomic E-state index is 12.8. The van der Waals surface area contributed by atoms with Gasteiger partial charge < -0.3 is 4.90 Å². The van der Waals surface area contributed by atoms with Crippen LogP contribution in [0.15, 0.2) is 77.9 Å². The van der Waals surface area contributed by atoms with Gasteiger partial charge in [-0.2, -0.15) is 5.10 Å². The zero-order chi connectivity index (χ0) is 22.8. The zero-order valence-electron chi connectivity index (χ0n) is 18.8. The Kier molecular flexibility index (Phi) is 5.91. The molecule has 0 radical (unpaired) electrons. The molecule has 1 N–H and O–H groups in total. The highest BCUT2D eigenvalue weighted by Crippen LogP contribution is 2.36. The van der Waals surface area contributed by atoms with E-state index in [1.54, 1.807) is 24.3 Å². The second-order valence-corrected chi connectivity index (χ2v) is 8.47. The summed E-state index contributed by atoms with van der Waals surface area (Å²) in [6.45, 7) is 7.99. The summed E-state index contributed by atoms with van der Waals surface area (Å²) in [4.78, 5) is 27.4. The number of rotatable bonds is 5. The quantitative estimate of drug-likeness (QED) is 0.452. The van der Waals surface area contributed by atoms with Crippen LogP contribution >= 0.6 is 0 Å². The highest BCUT2D eigenvalue weighted by Gasteiger charge is 2.25. The van der Waals surface area contributed by atoms with Gasteiger partial charge in [-0.05, 0) is 63.1 Å². The normalized spacial score (nSPS) is 11.9. The third-order valence-electron chi connectivity index (χ3n) is 5.67. The molecule has 0 atom stereocenters. The van der Waals surface area contributed by atoms with Gasteiger partial charge in [-0.15, -0.1) is 0 Å². The van der Waals surface area contributed by atoms with Gasteiger partial charge in [0.15, 0.2) is 0 Å². The second kappa shape index (κ2) is 8.79. The number of hydrogen-bond donors (Lipinski definition) is 1. The molecule has 1 aliphatic carbocycles. The first kappa shape index (κ1) is 21.5. The lowest BCUT2D eigenvalue weighted by molar-refractivity contribution is 0.0643. The number of nitrogens with zero attached hydrogens (tertiary/aromatic N) is 2. The largest absolute Gasteiger partial charge is 0.334 e. The van der Waals surface area contributed by atoms with Crippen LogP contribution in [0.3, 0.4) is 0 Å². The molecule has 0 fully saturated rings. The molecule has 0 unspecified atom stereocenters. The molecule has 0 saturated heterocycles. The van der Waals surface area contributed by atoms with E-state index in [9.17, 15) is 9.59 Å². The van der Waals surface area contributed by atoms with E-state index in [1.165, 1.54) is 0 Å². The highest BCUT2D eigenvalue weighted by molar-refractivity contribution is 6.24. The van der Waals surface area contributed by atoms with Crippen LogP contribution in [-0.4, -0.2) is 34.5 Å². The molecule has 0 aliphatic heterocycles. The molecule has 5 nitrogen and oxygen atoms in total. The molecule has 162 valence electrons.